The summed E-state index contributed by atoms with van der Waals surface area (Å²) in [5.41, 5.74) is 8.15. The Balaban J connectivity index is 1.44. The minimum atomic E-state index is -0.932. The highest BCUT2D eigenvalue weighted by molar-refractivity contribution is 5.94. The molecule has 3 aromatic carbocycles. The van der Waals surface area contributed by atoms with Crippen molar-refractivity contribution in [2.24, 2.45) is 5.73 Å². The van der Waals surface area contributed by atoms with Gasteiger partial charge in [-0.05, 0) is 53.1 Å². The monoisotopic (exact) mass is 432 g/mol. The van der Waals surface area contributed by atoms with Crippen molar-refractivity contribution >= 4 is 11.8 Å². The van der Waals surface area contributed by atoms with Crippen molar-refractivity contribution in [3.63, 3.8) is 0 Å². The third-order valence-corrected chi connectivity index (χ3v) is 4.86. The van der Waals surface area contributed by atoms with Gasteiger partial charge in [-0.1, -0.05) is 36.4 Å². The number of nitrogens with zero attached hydrogens (tertiary/aromatic N) is 2. The van der Waals surface area contributed by atoms with E-state index >= 15 is 0 Å². The van der Waals surface area contributed by atoms with Crippen LogP contribution in [-0.2, 0) is 6.54 Å². The lowest BCUT2D eigenvalue weighted by Gasteiger charge is -2.08. The Kier molecular flexibility index (Phi) is 5.76. The van der Waals surface area contributed by atoms with Gasteiger partial charge in [-0.2, -0.15) is 5.10 Å². The van der Waals surface area contributed by atoms with E-state index in [9.17, 15) is 18.4 Å². The quantitative estimate of drug-likeness (QED) is 0.485. The normalized spacial score (nSPS) is 10.7. The van der Waals surface area contributed by atoms with E-state index in [2.05, 4.69) is 10.4 Å². The summed E-state index contributed by atoms with van der Waals surface area (Å²) in [7, 11) is 0. The average molecular weight is 432 g/mol. The van der Waals surface area contributed by atoms with Crippen LogP contribution in [0.4, 0.5) is 8.78 Å². The molecule has 0 aliphatic carbocycles. The lowest BCUT2D eigenvalue weighted by Crippen LogP contribution is -2.22. The minimum absolute atomic E-state index is 0.227. The number of hydrogen-bond donors (Lipinski definition) is 2. The Morgan fingerprint density at radius 1 is 0.938 bits per heavy atom. The first-order chi connectivity index (χ1) is 15.4. The van der Waals surface area contributed by atoms with E-state index in [0.29, 0.717) is 16.8 Å². The fourth-order valence-corrected chi connectivity index (χ4v) is 3.20. The van der Waals surface area contributed by atoms with Crippen LogP contribution in [0.2, 0.25) is 0 Å². The summed E-state index contributed by atoms with van der Waals surface area (Å²) in [5, 5.41) is 6.62. The number of aromatic nitrogens is 2. The maximum absolute atomic E-state index is 13.7. The van der Waals surface area contributed by atoms with Gasteiger partial charge in [0.15, 0.2) is 11.5 Å². The van der Waals surface area contributed by atoms with Crippen molar-refractivity contribution in [1.82, 2.24) is 15.1 Å². The zero-order valence-electron chi connectivity index (χ0n) is 16.8. The highest BCUT2D eigenvalue weighted by Crippen LogP contribution is 2.22. The van der Waals surface area contributed by atoms with Gasteiger partial charge < -0.3 is 11.1 Å². The molecule has 0 atom stereocenters. The van der Waals surface area contributed by atoms with Crippen LogP contribution in [0.25, 0.3) is 16.8 Å². The zero-order chi connectivity index (χ0) is 22.7. The number of primary amides is 1. The van der Waals surface area contributed by atoms with Gasteiger partial charge in [0.1, 0.15) is 5.82 Å². The zero-order valence-corrected chi connectivity index (χ0v) is 16.8. The second-order valence-corrected chi connectivity index (χ2v) is 7.07. The van der Waals surface area contributed by atoms with Crippen molar-refractivity contribution in [1.29, 1.82) is 0 Å². The molecule has 160 valence electrons. The largest absolute Gasteiger partial charge is 0.364 e. The fourth-order valence-electron chi connectivity index (χ4n) is 3.20. The summed E-state index contributed by atoms with van der Waals surface area (Å²) in [4.78, 5) is 23.5. The van der Waals surface area contributed by atoms with Gasteiger partial charge in [0, 0.05) is 12.1 Å². The number of halogens is 2. The minimum Gasteiger partial charge on any atom is -0.364 e. The van der Waals surface area contributed by atoms with Crippen molar-refractivity contribution in [3.05, 3.63) is 107 Å². The van der Waals surface area contributed by atoms with E-state index in [0.717, 1.165) is 17.3 Å². The van der Waals surface area contributed by atoms with Crippen LogP contribution >= 0.6 is 0 Å². The predicted molar refractivity (Wildman–Crippen MR) is 115 cm³/mol. The number of benzene rings is 3. The van der Waals surface area contributed by atoms with E-state index in [4.69, 9.17) is 5.73 Å². The molecule has 1 heterocycles. The summed E-state index contributed by atoms with van der Waals surface area (Å²) in [6, 6.07) is 20.2. The van der Waals surface area contributed by atoms with Gasteiger partial charge in [-0.15, -0.1) is 0 Å². The molecule has 0 fully saturated rings. The standard InChI is InChI=1S/C24H18F2N4O2/c25-19-3-1-2-15(12-19)13-28-24(32)18-6-4-16(5-7-18)17-8-10-20(11-9-17)30-14-21(26)22(29-30)23(27)31/h1-12,14H,13H2,(H2,27,31)(H,28,32). The summed E-state index contributed by atoms with van der Waals surface area (Å²) >= 11 is 0. The molecule has 0 aliphatic heterocycles. The Labute approximate surface area is 182 Å². The second kappa shape index (κ2) is 8.81. The first kappa shape index (κ1) is 20.9. The summed E-state index contributed by atoms with van der Waals surface area (Å²) in [6.07, 6.45) is 1.09. The average Bonchev–Trinajstić information content (AvgIpc) is 3.20. The molecule has 2 amide bonds. The van der Waals surface area contributed by atoms with Crippen molar-refractivity contribution in [2.45, 2.75) is 6.54 Å². The van der Waals surface area contributed by atoms with Crippen molar-refractivity contribution < 1.29 is 18.4 Å². The molecule has 0 unspecified atom stereocenters. The molecule has 1 aromatic heterocycles. The second-order valence-electron chi connectivity index (χ2n) is 7.07. The van der Waals surface area contributed by atoms with Gasteiger partial charge >= 0.3 is 0 Å². The highest BCUT2D eigenvalue weighted by atomic mass is 19.1. The van der Waals surface area contributed by atoms with Crippen LogP contribution in [0.1, 0.15) is 26.4 Å². The Bertz CT molecular complexity index is 1280. The molecule has 3 N–H and O–H groups in total. The number of nitrogens with one attached hydrogen (secondary N) is 1. The van der Waals surface area contributed by atoms with Gasteiger partial charge in [0.05, 0.1) is 11.9 Å². The maximum Gasteiger partial charge on any atom is 0.272 e. The molecule has 0 spiro atoms. The molecule has 4 aromatic rings. The van der Waals surface area contributed by atoms with Crippen LogP contribution in [0.5, 0.6) is 0 Å². The molecule has 32 heavy (non-hydrogen) atoms. The van der Waals surface area contributed by atoms with Gasteiger partial charge in [0.2, 0.25) is 0 Å². The molecular formula is C24H18F2N4O2. The number of carbonyl (C=O) groups is 2. The smallest absolute Gasteiger partial charge is 0.272 e. The number of rotatable bonds is 6. The van der Waals surface area contributed by atoms with E-state index < -0.39 is 17.4 Å². The SMILES string of the molecule is NC(=O)c1nn(-c2ccc(-c3ccc(C(=O)NCc4cccc(F)c4)cc3)cc2)cc1F. The molecule has 4 rings (SSSR count). The number of carbonyl (C=O) groups excluding carboxylic acids is 2. The molecule has 0 saturated heterocycles. The summed E-state index contributed by atoms with van der Waals surface area (Å²) in [6.45, 7) is 0.227. The number of nitrogens with two attached hydrogens (primary N) is 1. The van der Waals surface area contributed by atoms with Crippen LogP contribution < -0.4 is 11.1 Å². The lowest BCUT2D eigenvalue weighted by atomic mass is 10.0. The van der Waals surface area contributed by atoms with Crippen LogP contribution in [0.15, 0.2) is 79.0 Å². The number of amides is 2. The first-order valence-corrected chi connectivity index (χ1v) is 9.69. The molecule has 6 nitrogen and oxygen atoms in total. The van der Waals surface area contributed by atoms with Crippen LogP contribution in [-0.4, -0.2) is 21.6 Å². The Hall–Kier alpha value is -4.33. The first-order valence-electron chi connectivity index (χ1n) is 9.69. The third-order valence-electron chi connectivity index (χ3n) is 4.86. The van der Waals surface area contributed by atoms with Crippen LogP contribution in [0.3, 0.4) is 0 Å². The van der Waals surface area contributed by atoms with E-state index in [1.165, 1.54) is 16.8 Å². The Morgan fingerprint density at radius 3 is 2.19 bits per heavy atom. The van der Waals surface area contributed by atoms with E-state index in [1.54, 1.807) is 36.4 Å². The van der Waals surface area contributed by atoms with Crippen molar-refractivity contribution in [2.75, 3.05) is 0 Å². The molecule has 8 heteroatoms. The van der Waals surface area contributed by atoms with Crippen molar-refractivity contribution in [3.8, 4) is 16.8 Å². The lowest BCUT2D eigenvalue weighted by molar-refractivity contribution is 0.0949. The molecule has 0 radical (unpaired) electrons. The van der Waals surface area contributed by atoms with Crippen LogP contribution in [0, 0.1) is 11.6 Å². The topological polar surface area (TPSA) is 90.0 Å². The van der Waals surface area contributed by atoms with E-state index in [1.807, 2.05) is 24.3 Å². The molecular weight excluding hydrogens is 414 g/mol. The molecule has 0 bridgehead atoms. The summed E-state index contributed by atoms with van der Waals surface area (Å²) < 4.78 is 28.2. The van der Waals surface area contributed by atoms with E-state index in [-0.39, 0.29) is 18.3 Å². The maximum atomic E-state index is 13.7. The summed E-state index contributed by atoms with van der Waals surface area (Å²) in [5.74, 6) is -2.33. The molecule has 0 aliphatic rings. The third kappa shape index (κ3) is 4.54. The van der Waals surface area contributed by atoms with Gasteiger partial charge in [-0.3, -0.25) is 9.59 Å². The number of hydrogen-bond acceptors (Lipinski definition) is 3. The predicted octanol–water partition coefficient (Wildman–Crippen LogP) is 3.85. The van der Waals surface area contributed by atoms with Gasteiger partial charge in [0.25, 0.3) is 11.8 Å². The fraction of sp³-hybridized carbons (Fsp3) is 0.0417. The molecule has 0 saturated carbocycles. The van der Waals surface area contributed by atoms with Gasteiger partial charge in [-0.25, -0.2) is 13.5 Å². The highest BCUT2D eigenvalue weighted by Gasteiger charge is 2.14. The Morgan fingerprint density at radius 2 is 1.59 bits per heavy atom.